The van der Waals surface area contributed by atoms with Crippen LogP contribution in [0.25, 0.3) is 10.9 Å². The molecule has 1 heterocycles. The fraction of sp³-hybridized carbons (Fsp3) is 0.692. The van der Waals surface area contributed by atoms with Crippen molar-refractivity contribution in [2.45, 2.75) is 96.7 Å². The van der Waals surface area contributed by atoms with E-state index in [-0.39, 0.29) is 35.9 Å². The van der Waals surface area contributed by atoms with Crippen LogP contribution < -0.4 is 16.6 Å². The van der Waals surface area contributed by atoms with Gasteiger partial charge in [-0.25, -0.2) is 0 Å². The van der Waals surface area contributed by atoms with E-state index in [0.29, 0.717) is 30.8 Å². The third-order valence-electron chi connectivity index (χ3n) is 7.53. The summed E-state index contributed by atoms with van der Waals surface area (Å²) in [7, 11) is -3.36. The van der Waals surface area contributed by atoms with Gasteiger partial charge in [0.2, 0.25) is 0 Å². The van der Waals surface area contributed by atoms with Gasteiger partial charge in [0, 0.05) is 0 Å². The second kappa shape index (κ2) is 12.2. The van der Waals surface area contributed by atoms with Gasteiger partial charge in [0.05, 0.1) is 0 Å². The molecule has 0 amide bonds. The van der Waals surface area contributed by atoms with Crippen LogP contribution in [0.15, 0.2) is 21.7 Å². The number of nitrogens with zero attached hydrogens (tertiary/aromatic N) is 2. The number of anilines is 1. The number of hydrogen-bond acceptors (Lipinski definition) is 6. The minimum atomic E-state index is -3.36. The van der Waals surface area contributed by atoms with Crippen molar-refractivity contribution in [2.75, 3.05) is 24.7 Å². The summed E-state index contributed by atoms with van der Waals surface area (Å²) in [6.45, 7) is 4.33. The number of nitrogens with one attached hydrogen (secondary N) is 1. The number of benzene rings is 1. The molecule has 0 spiro atoms. The van der Waals surface area contributed by atoms with Gasteiger partial charge in [-0.05, 0) is 0 Å². The maximum atomic E-state index is 15.2. The van der Waals surface area contributed by atoms with E-state index < -0.39 is 19.3 Å². The van der Waals surface area contributed by atoms with Crippen molar-refractivity contribution in [1.29, 1.82) is 0 Å². The molecule has 0 atom stereocenters. The molecule has 0 aliphatic heterocycles. The molecule has 2 fully saturated rings. The van der Waals surface area contributed by atoms with Crippen molar-refractivity contribution in [1.82, 2.24) is 9.13 Å². The topological polar surface area (TPSA) is 94.7 Å². The summed E-state index contributed by atoms with van der Waals surface area (Å²) in [6.07, 6.45) is 9.77. The second-order valence-corrected chi connectivity index (χ2v) is 12.6. The second-order valence-electron chi connectivity index (χ2n) is 10.1. The van der Waals surface area contributed by atoms with E-state index >= 15 is 4.39 Å². The van der Waals surface area contributed by atoms with Crippen molar-refractivity contribution >= 4 is 24.5 Å². The molecular formula is C26H41FN3O5P. The van der Waals surface area contributed by atoms with Crippen LogP contribution in [-0.4, -0.2) is 39.4 Å². The van der Waals surface area contributed by atoms with Gasteiger partial charge in [-0.1, -0.05) is 19.3 Å². The summed E-state index contributed by atoms with van der Waals surface area (Å²) in [4.78, 5) is 37.8. The Hall–Kier alpha value is -1.80. The van der Waals surface area contributed by atoms with Crippen LogP contribution >= 0.6 is 7.94 Å². The fourth-order valence-electron chi connectivity index (χ4n) is 5.79. The Bertz CT molecular complexity index is 1150. The number of aromatic nitrogens is 2. The van der Waals surface area contributed by atoms with E-state index in [1.165, 1.54) is 17.1 Å². The van der Waals surface area contributed by atoms with E-state index in [4.69, 9.17) is 9.05 Å². The molecule has 0 saturated heterocycles. The van der Waals surface area contributed by atoms with Crippen molar-refractivity contribution in [2.24, 2.45) is 0 Å². The quantitative estimate of drug-likeness (QED) is 0.396. The first-order valence-electron chi connectivity index (χ1n) is 13.6. The van der Waals surface area contributed by atoms with Gasteiger partial charge in [-0.15, -0.1) is 0 Å². The molecule has 4 rings (SSSR count). The summed E-state index contributed by atoms with van der Waals surface area (Å²) in [5.41, 5.74) is 0.00241. The molecule has 202 valence electrons. The average molecular weight is 526 g/mol. The predicted octanol–water partition coefficient (Wildman–Crippen LogP) is 5.11. The van der Waals surface area contributed by atoms with E-state index in [1.54, 1.807) is 24.5 Å². The molecule has 2 saturated carbocycles. The van der Waals surface area contributed by atoms with Crippen LogP contribution in [-0.2, 0) is 15.6 Å². The van der Waals surface area contributed by atoms with Crippen molar-refractivity contribution < 1.29 is 18.3 Å². The zero-order valence-electron chi connectivity index (χ0n) is 21.6. The summed E-state index contributed by atoms with van der Waals surface area (Å²) in [5.74, 6) is -0.470. The fourth-order valence-corrected chi connectivity index (χ4v) is 7.66. The van der Waals surface area contributed by atoms with Crippen LogP contribution in [0.4, 0.5) is 10.1 Å². The number of rotatable bonds is 11. The minimum absolute atomic E-state index is 0.0157. The molecule has 0 unspecified atom stereocenters. The van der Waals surface area contributed by atoms with Crippen molar-refractivity contribution in [3.63, 3.8) is 0 Å². The third-order valence-corrected chi connectivity index (χ3v) is 9.99. The van der Waals surface area contributed by atoms with E-state index in [1.807, 2.05) is 0 Å². The summed E-state index contributed by atoms with van der Waals surface area (Å²) >= 11 is 0. The normalized spacial score (nSPS) is 18.2. The molecule has 0 radical (unpaired) electrons. The first kappa shape index (κ1) is 27.2. The Kier molecular flexibility index (Phi) is 9.20. The van der Waals surface area contributed by atoms with Crippen LogP contribution in [0.2, 0.25) is 0 Å². The summed E-state index contributed by atoms with van der Waals surface area (Å²) in [5, 5.41) is 3.56. The van der Waals surface area contributed by atoms with Crippen LogP contribution in [0.5, 0.6) is 0 Å². The molecule has 36 heavy (non-hydrogen) atoms. The standard InChI is InChI=1S/C26H41FN3O5P/c1-3-34-36(33,35-4-2)16-10-15-29-25(31)21-17-22(27)23(28-19-11-6-5-7-12-19)18-24(21)30(26(29)32)20-13-8-9-14-20/h17-20,28,33,36H,3-16H2,1-2H3. The maximum absolute atomic E-state index is 15.2. The molecule has 1 aromatic carbocycles. The summed E-state index contributed by atoms with van der Waals surface area (Å²) in [6, 6.07) is 3.14. The van der Waals surface area contributed by atoms with Gasteiger partial charge in [0.1, 0.15) is 0 Å². The molecule has 2 aliphatic rings. The molecule has 2 N–H and O–H groups in total. The average Bonchev–Trinajstić information content (AvgIpc) is 3.38. The molecule has 2 aliphatic carbocycles. The Morgan fingerprint density at radius 2 is 1.67 bits per heavy atom. The Balaban J connectivity index is 1.70. The Labute approximate surface area is 212 Å². The monoisotopic (exact) mass is 525 g/mol. The van der Waals surface area contributed by atoms with Gasteiger partial charge in [-0.2, -0.15) is 0 Å². The van der Waals surface area contributed by atoms with Crippen LogP contribution in [0.1, 0.15) is 84.1 Å². The van der Waals surface area contributed by atoms with Crippen molar-refractivity contribution in [3.8, 4) is 0 Å². The van der Waals surface area contributed by atoms with Gasteiger partial charge < -0.3 is 0 Å². The van der Waals surface area contributed by atoms with E-state index in [9.17, 15) is 14.5 Å². The zero-order chi connectivity index (χ0) is 25.7. The molecular weight excluding hydrogens is 484 g/mol. The number of fused-ring (bicyclic) bond motifs is 1. The van der Waals surface area contributed by atoms with E-state index in [2.05, 4.69) is 5.32 Å². The third kappa shape index (κ3) is 6.01. The number of halogens is 1. The summed E-state index contributed by atoms with van der Waals surface area (Å²) < 4.78 is 29.1. The number of hydrogen-bond donors (Lipinski definition) is 2. The van der Waals surface area contributed by atoms with Crippen LogP contribution in [0, 0.1) is 5.82 Å². The van der Waals surface area contributed by atoms with Gasteiger partial charge in [-0.3, -0.25) is 0 Å². The van der Waals surface area contributed by atoms with Gasteiger partial charge >= 0.3 is 193 Å². The predicted molar refractivity (Wildman–Crippen MR) is 144 cm³/mol. The zero-order valence-corrected chi connectivity index (χ0v) is 22.6. The molecule has 8 nitrogen and oxygen atoms in total. The molecule has 2 aromatic rings. The first-order valence-corrected chi connectivity index (χ1v) is 15.6. The van der Waals surface area contributed by atoms with Gasteiger partial charge in [0.15, 0.2) is 0 Å². The SMILES string of the molecule is CCO[PH](O)(CCCn1c(=O)c2cc(F)c(NC3CCCCC3)cc2n(C2CCCC2)c1=O)OCC. The molecule has 0 bridgehead atoms. The Morgan fingerprint density at radius 3 is 2.31 bits per heavy atom. The first-order chi connectivity index (χ1) is 17.4. The Morgan fingerprint density at radius 1 is 1.03 bits per heavy atom. The van der Waals surface area contributed by atoms with Gasteiger partial charge in [0.25, 0.3) is 0 Å². The van der Waals surface area contributed by atoms with Crippen molar-refractivity contribution in [3.05, 3.63) is 38.8 Å². The molecule has 10 heteroatoms. The molecule has 1 aromatic heterocycles. The van der Waals surface area contributed by atoms with E-state index in [0.717, 1.165) is 51.4 Å². The van der Waals surface area contributed by atoms with Crippen LogP contribution in [0.3, 0.4) is 0 Å².